The zero-order valence-electron chi connectivity index (χ0n) is 10.2. The van der Waals surface area contributed by atoms with E-state index in [1.165, 1.54) is 34.8 Å². The maximum Gasteiger partial charge on any atom is 0.107 e. The van der Waals surface area contributed by atoms with Gasteiger partial charge in [0, 0.05) is 48.3 Å². The molecule has 18 heavy (non-hydrogen) atoms. The van der Waals surface area contributed by atoms with Crippen molar-refractivity contribution in [2.75, 3.05) is 6.54 Å². The highest BCUT2D eigenvalue weighted by Gasteiger charge is 2.32. The van der Waals surface area contributed by atoms with Gasteiger partial charge in [-0.3, -0.25) is 10.00 Å². The van der Waals surface area contributed by atoms with Crippen molar-refractivity contribution >= 4 is 11.3 Å². The van der Waals surface area contributed by atoms with Gasteiger partial charge in [-0.15, -0.1) is 11.3 Å². The maximum absolute atomic E-state index is 4.53. The van der Waals surface area contributed by atoms with E-state index in [4.69, 9.17) is 0 Å². The van der Waals surface area contributed by atoms with Crippen molar-refractivity contribution in [1.29, 1.82) is 0 Å². The Bertz CT molecular complexity index is 541. The predicted octanol–water partition coefficient (Wildman–Crippen LogP) is 2.30. The first-order valence-electron chi connectivity index (χ1n) is 6.57. The Balaban J connectivity index is 1.54. The molecule has 0 amide bonds. The fraction of sp³-hybridized carbons (Fsp3) is 0.538. The van der Waals surface area contributed by atoms with Gasteiger partial charge >= 0.3 is 0 Å². The number of aromatic amines is 1. The highest BCUT2D eigenvalue weighted by atomic mass is 32.1. The van der Waals surface area contributed by atoms with Crippen molar-refractivity contribution in [3.8, 4) is 0 Å². The van der Waals surface area contributed by atoms with Gasteiger partial charge in [0.05, 0.1) is 12.2 Å². The summed E-state index contributed by atoms with van der Waals surface area (Å²) in [5.74, 6) is 0.741. The number of rotatable bonds is 3. The van der Waals surface area contributed by atoms with Crippen LogP contribution in [0.4, 0.5) is 0 Å². The normalized spacial score (nSPS) is 20.0. The molecule has 0 aromatic carbocycles. The molecule has 0 spiro atoms. The Morgan fingerprint density at radius 3 is 3.17 bits per heavy atom. The average Bonchev–Trinajstić information content (AvgIpc) is 2.94. The van der Waals surface area contributed by atoms with Crippen molar-refractivity contribution < 1.29 is 0 Å². The fourth-order valence-electron chi connectivity index (χ4n) is 2.72. The highest BCUT2D eigenvalue weighted by molar-refractivity contribution is 7.09. The second-order valence-electron chi connectivity index (χ2n) is 5.23. The van der Waals surface area contributed by atoms with Crippen molar-refractivity contribution in [1.82, 2.24) is 20.1 Å². The minimum Gasteiger partial charge on any atom is -0.292 e. The van der Waals surface area contributed by atoms with Gasteiger partial charge in [-0.2, -0.15) is 5.10 Å². The third kappa shape index (κ3) is 1.87. The van der Waals surface area contributed by atoms with Gasteiger partial charge in [-0.1, -0.05) is 0 Å². The highest BCUT2D eigenvalue weighted by Crippen LogP contribution is 2.42. The number of hydrogen-bond donors (Lipinski definition) is 1. The van der Waals surface area contributed by atoms with E-state index in [0.29, 0.717) is 0 Å². The number of aromatic nitrogens is 3. The summed E-state index contributed by atoms with van der Waals surface area (Å²) in [5, 5.41) is 11.0. The lowest BCUT2D eigenvalue weighted by atomic mass is 10.0. The van der Waals surface area contributed by atoms with E-state index in [1.54, 1.807) is 11.3 Å². The SMILES string of the molecule is c1csc(CN2CCc3[nH]nc(C4CC4)c3C2)n1. The molecule has 1 N–H and O–H groups in total. The standard InChI is InChI=1S/C13H16N4S/c1-2-9(1)13-10-7-17(5-3-11(10)15-16-13)8-12-14-4-6-18-12/h4,6,9H,1-3,5,7-8H2,(H,15,16). The third-order valence-corrected chi connectivity index (χ3v) is 4.62. The van der Waals surface area contributed by atoms with Crippen LogP contribution in [-0.2, 0) is 19.5 Å². The molecule has 1 aliphatic carbocycles. The third-order valence-electron chi connectivity index (χ3n) is 3.85. The van der Waals surface area contributed by atoms with Gasteiger partial charge in [0.2, 0.25) is 0 Å². The zero-order chi connectivity index (χ0) is 11.9. The van der Waals surface area contributed by atoms with E-state index < -0.39 is 0 Å². The minimum absolute atomic E-state index is 0.741. The van der Waals surface area contributed by atoms with E-state index in [0.717, 1.165) is 32.0 Å². The van der Waals surface area contributed by atoms with Crippen LogP contribution in [0.3, 0.4) is 0 Å². The number of hydrogen-bond acceptors (Lipinski definition) is 4. The van der Waals surface area contributed by atoms with E-state index in [1.807, 2.05) is 6.20 Å². The summed E-state index contributed by atoms with van der Waals surface area (Å²) in [4.78, 5) is 6.87. The molecule has 1 saturated carbocycles. The molecule has 94 valence electrons. The largest absolute Gasteiger partial charge is 0.292 e. The monoisotopic (exact) mass is 260 g/mol. The van der Waals surface area contributed by atoms with Gasteiger partial charge < -0.3 is 0 Å². The molecule has 2 aliphatic rings. The molecule has 1 fully saturated rings. The lowest BCUT2D eigenvalue weighted by Crippen LogP contribution is -2.30. The van der Waals surface area contributed by atoms with Gasteiger partial charge in [-0.25, -0.2) is 4.98 Å². The summed E-state index contributed by atoms with van der Waals surface area (Å²) >= 11 is 1.75. The smallest absolute Gasteiger partial charge is 0.107 e. The summed E-state index contributed by atoms with van der Waals surface area (Å²) in [6.07, 6.45) is 5.64. The molecule has 0 bridgehead atoms. The molecule has 0 radical (unpaired) electrons. The summed E-state index contributed by atoms with van der Waals surface area (Å²) in [7, 11) is 0. The summed E-state index contributed by atoms with van der Waals surface area (Å²) < 4.78 is 0. The molecule has 5 heteroatoms. The lowest BCUT2D eigenvalue weighted by molar-refractivity contribution is 0.243. The average molecular weight is 260 g/mol. The van der Waals surface area contributed by atoms with Gasteiger partial charge in [0.15, 0.2) is 0 Å². The molecule has 0 atom stereocenters. The number of thiazole rings is 1. The van der Waals surface area contributed by atoms with Crippen LogP contribution in [0, 0.1) is 0 Å². The molecule has 2 aromatic rings. The summed E-state index contributed by atoms with van der Waals surface area (Å²) in [6.45, 7) is 3.13. The Kier molecular flexibility index (Phi) is 2.48. The minimum atomic E-state index is 0.741. The van der Waals surface area contributed by atoms with E-state index in [9.17, 15) is 0 Å². The van der Waals surface area contributed by atoms with Crippen LogP contribution in [-0.4, -0.2) is 26.6 Å². The van der Waals surface area contributed by atoms with E-state index >= 15 is 0 Å². The first kappa shape index (κ1) is 10.7. The molecule has 3 heterocycles. The van der Waals surface area contributed by atoms with Crippen LogP contribution < -0.4 is 0 Å². The number of nitrogens with zero attached hydrogens (tertiary/aromatic N) is 3. The number of fused-ring (bicyclic) bond motifs is 1. The molecular weight excluding hydrogens is 244 g/mol. The van der Waals surface area contributed by atoms with Gasteiger partial charge in [-0.05, 0) is 12.8 Å². The quantitative estimate of drug-likeness (QED) is 0.921. The Morgan fingerprint density at radius 1 is 1.44 bits per heavy atom. The topological polar surface area (TPSA) is 44.8 Å². The maximum atomic E-state index is 4.53. The van der Waals surface area contributed by atoms with Crippen molar-refractivity contribution in [2.45, 2.75) is 38.3 Å². The zero-order valence-corrected chi connectivity index (χ0v) is 11.0. The van der Waals surface area contributed by atoms with Gasteiger partial charge in [0.25, 0.3) is 0 Å². The number of nitrogens with one attached hydrogen (secondary N) is 1. The fourth-order valence-corrected chi connectivity index (χ4v) is 3.38. The molecule has 0 saturated heterocycles. The Labute approximate surface area is 110 Å². The van der Waals surface area contributed by atoms with E-state index in [2.05, 4.69) is 25.5 Å². The van der Waals surface area contributed by atoms with E-state index in [-0.39, 0.29) is 0 Å². The second-order valence-corrected chi connectivity index (χ2v) is 6.21. The lowest BCUT2D eigenvalue weighted by Gasteiger charge is -2.26. The Morgan fingerprint density at radius 2 is 2.39 bits per heavy atom. The second kappa shape index (κ2) is 4.17. The van der Waals surface area contributed by atoms with Crippen molar-refractivity contribution in [2.24, 2.45) is 0 Å². The predicted molar refractivity (Wildman–Crippen MR) is 70.5 cm³/mol. The van der Waals surface area contributed by atoms with Crippen LogP contribution in [0.25, 0.3) is 0 Å². The molecule has 0 unspecified atom stereocenters. The first-order valence-corrected chi connectivity index (χ1v) is 7.45. The molecule has 2 aromatic heterocycles. The molecular formula is C13H16N4S. The van der Waals surface area contributed by atoms with Crippen LogP contribution >= 0.6 is 11.3 Å². The molecule has 4 nitrogen and oxygen atoms in total. The molecule has 4 rings (SSSR count). The van der Waals surface area contributed by atoms with Crippen molar-refractivity contribution in [3.63, 3.8) is 0 Å². The van der Waals surface area contributed by atoms with Crippen LogP contribution in [0.5, 0.6) is 0 Å². The van der Waals surface area contributed by atoms with Crippen LogP contribution in [0.15, 0.2) is 11.6 Å². The van der Waals surface area contributed by atoms with Gasteiger partial charge in [0.1, 0.15) is 5.01 Å². The van der Waals surface area contributed by atoms with Crippen LogP contribution in [0.1, 0.15) is 40.7 Å². The van der Waals surface area contributed by atoms with Crippen molar-refractivity contribution in [3.05, 3.63) is 33.5 Å². The first-order chi connectivity index (χ1) is 8.90. The number of H-pyrrole nitrogens is 1. The summed E-state index contributed by atoms with van der Waals surface area (Å²) in [6, 6.07) is 0. The van der Waals surface area contributed by atoms with Crippen LogP contribution in [0.2, 0.25) is 0 Å². The Hall–Kier alpha value is -1.20. The summed E-state index contributed by atoms with van der Waals surface area (Å²) in [5.41, 5.74) is 4.18. The molecule has 1 aliphatic heterocycles.